The molecule has 4 nitrogen and oxygen atoms in total. The van der Waals surface area contributed by atoms with Gasteiger partial charge in [0.05, 0.1) is 19.3 Å². The SMILES string of the molecule is C/C=C/C=CC1(COC)OCCC2(OC2C)C1O. The number of hydrogen-bond acceptors (Lipinski definition) is 4. The first-order valence-corrected chi connectivity index (χ1v) is 6.40. The molecule has 4 heteroatoms. The number of aliphatic hydroxyl groups excluding tert-OH is 1. The molecular formula is C14H22O4. The summed E-state index contributed by atoms with van der Waals surface area (Å²) in [5.41, 5.74) is -1.26. The van der Waals surface area contributed by atoms with Crippen LogP contribution in [0, 0.1) is 0 Å². The Balaban J connectivity index is 2.22. The van der Waals surface area contributed by atoms with Gasteiger partial charge < -0.3 is 19.3 Å². The van der Waals surface area contributed by atoms with E-state index in [9.17, 15) is 5.11 Å². The molecule has 0 aliphatic carbocycles. The molecule has 0 aromatic rings. The minimum absolute atomic E-state index is 0.0859. The molecule has 102 valence electrons. The number of rotatable bonds is 4. The third-order valence-corrected chi connectivity index (χ3v) is 3.87. The molecule has 18 heavy (non-hydrogen) atoms. The van der Waals surface area contributed by atoms with Crippen molar-refractivity contribution in [3.63, 3.8) is 0 Å². The standard InChI is InChI=1S/C14H22O4/c1-4-5-6-7-13(10-16-3)12(15)14(8-9-17-13)11(2)18-14/h4-7,11-12,15H,8-10H2,1-3H3/b5-4+,7-6?. The first-order chi connectivity index (χ1) is 8.61. The van der Waals surface area contributed by atoms with Crippen LogP contribution >= 0.6 is 0 Å². The Morgan fingerprint density at radius 3 is 2.72 bits per heavy atom. The molecular weight excluding hydrogens is 232 g/mol. The van der Waals surface area contributed by atoms with E-state index in [0.29, 0.717) is 13.2 Å². The van der Waals surface area contributed by atoms with E-state index in [0.717, 1.165) is 6.42 Å². The summed E-state index contributed by atoms with van der Waals surface area (Å²) in [4.78, 5) is 0. The summed E-state index contributed by atoms with van der Waals surface area (Å²) in [6.45, 7) is 4.83. The summed E-state index contributed by atoms with van der Waals surface area (Å²) >= 11 is 0. The van der Waals surface area contributed by atoms with E-state index in [1.807, 2.05) is 38.2 Å². The average molecular weight is 254 g/mol. The highest BCUT2D eigenvalue weighted by molar-refractivity contribution is 5.22. The van der Waals surface area contributed by atoms with Gasteiger partial charge in [-0.15, -0.1) is 0 Å². The first-order valence-electron chi connectivity index (χ1n) is 6.40. The second kappa shape index (κ2) is 5.13. The largest absolute Gasteiger partial charge is 0.387 e. The zero-order chi connectivity index (χ0) is 13.2. The van der Waals surface area contributed by atoms with E-state index in [1.165, 1.54) is 0 Å². The van der Waals surface area contributed by atoms with Gasteiger partial charge in [0.15, 0.2) is 0 Å². The van der Waals surface area contributed by atoms with Gasteiger partial charge in [-0.25, -0.2) is 0 Å². The number of methoxy groups -OCH3 is 1. The Morgan fingerprint density at radius 2 is 2.17 bits per heavy atom. The molecule has 2 saturated heterocycles. The van der Waals surface area contributed by atoms with Gasteiger partial charge >= 0.3 is 0 Å². The third kappa shape index (κ3) is 2.14. The van der Waals surface area contributed by atoms with Crippen molar-refractivity contribution >= 4 is 0 Å². The van der Waals surface area contributed by atoms with Crippen molar-refractivity contribution in [3.05, 3.63) is 24.3 Å². The van der Waals surface area contributed by atoms with Crippen molar-refractivity contribution in [2.45, 2.75) is 43.7 Å². The topological polar surface area (TPSA) is 51.2 Å². The van der Waals surface area contributed by atoms with E-state index in [1.54, 1.807) is 7.11 Å². The Bertz CT molecular complexity index is 348. The van der Waals surface area contributed by atoms with E-state index in [4.69, 9.17) is 14.2 Å². The maximum absolute atomic E-state index is 10.6. The summed E-state index contributed by atoms with van der Waals surface area (Å²) in [6.07, 6.45) is 7.71. The predicted octanol–water partition coefficient (Wildman–Crippen LogP) is 1.44. The lowest BCUT2D eigenvalue weighted by molar-refractivity contribution is -0.179. The second-order valence-electron chi connectivity index (χ2n) is 4.99. The maximum Gasteiger partial charge on any atom is 0.138 e. The minimum atomic E-state index is -0.808. The predicted molar refractivity (Wildman–Crippen MR) is 68.4 cm³/mol. The molecule has 2 fully saturated rings. The van der Waals surface area contributed by atoms with Crippen LogP contribution in [0.25, 0.3) is 0 Å². The molecule has 0 aromatic heterocycles. The van der Waals surface area contributed by atoms with Gasteiger partial charge in [-0.3, -0.25) is 0 Å². The molecule has 0 amide bonds. The number of hydrogen-bond donors (Lipinski definition) is 1. The molecule has 0 bridgehead atoms. The highest BCUT2D eigenvalue weighted by Gasteiger charge is 2.66. The molecule has 0 saturated carbocycles. The fraction of sp³-hybridized carbons (Fsp3) is 0.714. The molecule has 1 spiro atoms. The van der Waals surface area contributed by atoms with Gasteiger partial charge in [-0.1, -0.05) is 18.2 Å². The molecule has 0 radical (unpaired) electrons. The lowest BCUT2D eigenvalue weighted by atomic mass is 9.80. The van der Waals surface area contributed by atoms with Crippen LogP contribution in [0.15, 0.2) is 24.3 Å². The van der Waals surface area contributed by atoms with Crippen LogP contribution in [-0.4, -0.2) is 48.8 Å². The maximum atomic E-state index is 10.6. The van der Waals surface area contributed by atoms with Gasteiger partial charge in [-0.05, 0) is 19.9 Å². The number of epoxide rings is 1. The van der Waals surface area contributed by atoms with Crippen LogP contribution in [0.3, 0.4) is 0 Å². The summed E-state index contributed by atoms with van der Waals surface area (Å²) in [5, 5.41) is 10.6. The van der Waals surface area contributed by atoms with Crippen LogP contribution < -0.4 is 0 Å². The molecule has 2 aliphatic heterocycles. The van der Waals surface area contributed by atoms with Crippen LogP contribution in [0.4, 0.5) is 0 Å². The number of aliphatic hydroxyl groups is 1. The van der Waals surface area contributed by atoms with Crippen molar-refractivity contribution in [2.75, 3.05) is 20.3 Å². The fourth-order valence-corrected chi connectivity index (χ4v) is 2.74. The van der Waals surface area contributed by atoms with Crippen LogP contribution in [0.5, 0.6) is 0 Å². The van der Waals surface area contributed by atoms with E-state index in [-0.39, 0.29) is 6.10 Å². The van der Waals surface area contributed by atoms with Gasteiger partial charge in [-0.2, -0.15) is 0 Å². The summed E-state index contributed by atoms with van der Waals surface area (Å²) in [7, 11) is 1.61. The van der Waals surface area contributed by atoms with E-state index < -0.39 is 17.3 Å². The highest BCUT2D eigenvalue weighted by Crippen LogP contribution is 2.49. The van der Waals surface area contributed by atoms with Crippen LogP contribution in [-0.2, 0) is 14.2 Å². The Kier molecular flexibility index (Phi) is 3.92. The zero-order valence-electron chi connectivity index (χ0n) is 11.3. The normalized spacial score (nSPS) is 44.2. The van der Waals surface area contributed by atoms with Gasteiger partial charge in [0.1, 0.15) is 17.3 Å². The highest BCUT2D eigenvalue weighted by atomic mass is 16.6. The second-order valence-corrected chi connectivity index (χ2v) is 4.99. The number of allylic oxidation sites excluding steroid dienone is 3. The van der Waals surface area contributed by atoms with Crippen molar-refractivity contribution < 1.29 is 19.3 Å². The summed E-state index contributed by atoms with van der Waals surface area (Å²) in [6, 6.07) is 0. The molecule has 4 unspecified atom stereocenters. The van der Waals surface area contributed by atoms with E-state index in [2.05, 4.69) is 0 Å². The van der Waals surface area contributed by atoms with Crippen molar-refractivity contribution in [1.29, 1.82) is 0 Å². The lowest BCUT2D eigenvalue weighted by Gasteiger charge is -2.42. The summed E-state index contributed by atoms with van der Waals surface area (Å²) in [5.74, 6) is 0. The number of ether oxygens (including phenoxy) is 3. The van der Waals surface area contributed by atoms with Gasteiger partial charge in [0, 0.05) is 13.5 Å². The van der Waals surface area contributed by atoms with Crippen LogP contribution in [0.1, 0.15) is 20.3 Å². The molecule has 4 atom stereocenters. The van der Waals surface area contributed by atoms with Crippen LogP contribution in [0.2, 0.25) is 0 Å². The van der Waals surface area contributed by atoms with Crippen molar-refractivity contribution in [1.82, 2.24) is 0 Å². The Labute approximate surface area is 108 Å². The molecule has 0 aromatic carbocycles. The molecule has 2 aliphatic rings. The third-order valence-electron chi connectivity index (χ3n) is 3.87. The molecule has 2 heterocycles. The monoisotopic (exact) mass is 254 g/mol. The quantitative estimate of drug-likeness (QED) is 0.609. The van der Waals surface area contributed by atoms with Gasteiger partial charge in [0.25, 0.3) is 0 Å². The summed E-state index contributed by atoms with van der Waals surface area (Å²) < 4.78 is 16.7. The van der Waals surface area contributed by atoms with Crippen molar-refractivity contribution in [2.24, 2.45) is 0 Å². The van der Waals surface area contributed by atoms with Gasteiger partial charge in [0.2, 0.25) is 0 Å². The fourth-order valence-electron chi connectivity index (χ4n) is 2.74. The first kappa shape index (κ1) is 13.7. The minimum Gasteiger partial charge on any atom is -0.387 e. The smallest absolute Gasteiger partial charge is 0.138 e. The lowest BCUT2D eigenvalue weighted by Crippen LogP contribution is -2.59. The van der Waals surface area contributed by atoms with Crippen molar-refractivity contribution in [3.8, 4) is 0 Å². The molecule has 1 N–H and O–H groups in total. The van der Waals surface area contributed by atoms with E-state index >= 15 is 0 Å². The molecule has 2 rings (SSSR count). The Hall–Kier alpha value is -0.680. The average Bonchev–Trinajstić information content (AvgIpc) is 2.98. The Morgan fingerprint density at radius 1 is 1.44 bits per heavy atom. The zero-order valence-corrected chi connectivity index (χ0v) is 11.3.